The van der Waals surface area contributed by atoms with E-state index in [0.29, 0.717) is 6.04 Å². The topological polar surface area (TPSA) is 29.9 Å². The summed E-state index contributed by atoms with van der Waals surface area (Å²) >= 11 is 0. The van der Waals surface area contributed by atoms with Gasteiger partial charge in [0.15, 0.2) is 0 Å². The molecule has 0 fully saturated rings. The fourth-order valence-corrected chi connectivity index (χ4v) is 2.20. The van der Waals surface area contributed by atoms with Gasteiger partial charge in [0.25, 0.3) is 0 Å². The lowest BCUT2D eigenvalue weighted by atomic mass is 10.0. The van der Waals surface area contributed by atoms with Crippen LogP contribution in [0.3, 0.4) is 0 Å². The van der Waals surface area contributed by atoms with Crippen LogP contribution in [-0.4, -0.2) is 22.1 Å². The normalized spacial score (nSPS) is 13.2. The van der Waals surface area contributed by atoms with Crippen molar-refractivity contribution >= 4 is 0 Å². The first-order valence-corrected chi connectivity index (χ1v) is 7.40. The zero-order chi connectivity index (χ0) is 13.4. The molecule has 0 spiro atoms. The van der Waals surface area contributed by atoms with Gasteiger partial charge in [0.05, 0.1) is 0 Å². The lowest BCUT2D eigenvalue weighted by molar-refractivity contribution is 0.417. The van der Waals surface area contributed by atoms with E-state index in [2.05, 4.69) is 48.8 Å². The number of imidazole rings is 1. The van der Waals surface area contributed by atoms with Gasteiger partial charge in [0.1, 0.15) is 5.82 Å². The van der Waals surface area contributed by atoms with Crippen molar-refractivity contribution in [3.63, 3.8) is 0 Å². The first-order valence-electron chi connectivity index (χ1n) is 7.40. The molecule has 0 aliphatic rings. The number of hydrogen-bond donors (Lipinski definition) is 1. The molecule has 1 heterocycles. The van der Waals surface area contributed by atoms with E-state index in [4.69, 9.17) is 0 Å². The summed E-state index contributed by atoms with van der Waals surface area (Å²) < 4.78 is 2.25. The van der Waals surface area contributed by atoms with Crippen molar-refractivity contribution in [3.05, 3.63) is 18.2 Å². The molecule has 0 aliphatic heterocycles. The molecule has 104 valence electrons. The van der Waals surface area contributed by atoms with E-state index in [9.17, 15) is 0 Å². The van der Waals surface area contributed by atoms with Crippen LogP contribution < -0.4 is 5.32 Å². The Morgan fingerprint density at radius 1 is 1.28 bits per heavy atom. The molecule has 0 radical (unpaired) electrons. The molecule has 1 N–H and O–H groups in total. The Bertz CT molecular complexity index is 317. The van der Waals surface area contributed by atoms with Gasteiger partial charge in [0.2, 0.25) is 0 Å². The van der Waals surface area contributed by atoms with Crippen LogP contribution in [0.2, 0.25) is 0 Å². The Kier molecular flexibility index (Phi) is 7.02. The van der Waals surface area contributed by atoms with E-state index in [1.54, 1.807) is 0 Å². The maximum Gasteiger partial charge on any atom is 0.110 e. The first kappa shape index (κ1) is 15.2. The largest absolute Gasteiger partial charge is 0.335 e. The van der Waals surface area contributed by atoms with Gasteiger partial charge < -0.3 is 9.88 Å². The van der Waals surface area contributed by atoms with E-state index in [1.807, 2.05) is 6.20 Å². The SMILES string of the molecule is CCCNC(CCC(C)C)Cc1nccn1CC. The van der Waals surface area contributed by atoms with Crippen LogP contribution >= 0.6 is 0 Å². The summed E-state index contributed by atoms with van der Waals surface area (Å²) in [5.41, 5.74) is 0. The van der Waals surface area contributed by atoms with Crippen LogP contribution in [0.4, 0.5) is 0 Å². The van der Waals surface area contributed by atoms with Crippen molar-refractivity contribution in [2.45, 2.75) is 66.0 Å². The van der Waals surface area contributed by atoms with Crippen molar-refractivity contribution < 1.29 is 0 Å². The lowest BCUT2D eigenvalue weighted by Gasteiger charge is -2.19. The Hall–Kier alpha value is -0.830. The smallest absolute Gasteiger partial charge is 0.110 e. The van der Waals surface area contributed by atoms with Crippen LogP contribution in [0.15, 0.2) is 12.4 Å². The second-order valence-corrected chi connectivity index (χ2v) is 5.46. The van der Waals surface area contributed by atoms with Gasteiger partial charge >= 0.3 is 0 Å². The fourth-order valence-electron chi connectivity index (χ4n) is 2.20. The summed E-state index contributed by atoms with van der Waals surface area (Å²) in [5.74, 6) is 2.00. The first-order chi connectivity index (χ1) is 8.67. The highest BCUT2D eigenvalue weighted by Crippen LogP contribution is 2.11. The van der Waals surface area contributed by atoms with Gasteiger partial charge in [-0.05, 0) is 38.6 Å². The second kappa shape index (κ2) is 8.30. The summed E-state index contributed by atoms with van der Waals surface area (Å²) in [6, 6.07) is 0.569. The lowest BCUT2D eigenvalue weighted by Crippen LogP contribution is -2.33. The number of hydrogen-bond acceptors (Lipinski definition) is 2. The third-order valence-corrected chi connectivity index (χ3v) is 3.35. The molecule has 0 aliphatic carbocycles. The van der Waals surface area contributed by atoms with Gasteiger partial charge in [-0.1, -0.05) is 20.8 Å². The molecule has 0 bridgehead atoms. The van der Waals surface area contributed by atoms with Crippen molar-refractivity contribution in [1.82, 2.24) is 14.9 Å². The predicted octanol–water partition coefficient (Wildman–Crippen LogP) is 3.25. The number of nitrogens with zero attached hydrogens (tertiary/aromatic N) is 2. The molecule has 1 aromatic rings. The quantitative estimate of drug-likeness (QED) is 0.730. The number of rotatable bonds is 9. The van der Waals surface area contributed by atoms with Crippen LogP contribution in [0.1, 0.15) is 52.8 Å². The molecule has 18 heavy (non-hydrogen) atoms. The van der Waals surface area contributed by atoms with Gasteiger partial charge in [0, 0.05) is 31.4 Å². The van der Waals surface area contributed by atoms with Crippen LogP contribution in [0.5, 0.6) is 0 Å². The van der Waals surface area contributed by atoms with Crippen molar-refractivity contribution in [2.24, 2.45) is 5.92 Å². The zero-order valence-electron chi connectivity index (χ0n) is 12.4. The number of aromatic nitrogens is 2. The van der Waals surface area contributed by atoms with Crippen molar-refractivity contribution in [3.8, 4) is 0 Å². The number of aryl methyl sites for hydroxylation is 1. The fraction of sp³-hybridized carbons (Fsp3) is 0.800. The minimum absolute atomic E-state index is 0.569. The Balaban J connectivity index is 2.53. The highest BCUT2D eigenvalue weighted by molar-refractivity contribution is 4.95. The third kappa shape index (κ3) is 5.21. The predicted molar refractivity (Wildman–Crippen MR) is 77.8 cm³/mol. The van der Waals surface area contributed by atoms with Crippen LogP contribution in [0.25, 0.3) is 0 Å². The summed E-state index contributed by atoms with van der Waals surface area (Å²) in [6.45, 7) is 11.1. The molecule has 3 nitrogen and oxygen atoms in total. The molecule has 0 aromatic carbocycles. The van der Waals surface area contributed by atoms with E-state index < -0.39 is 0 Å². The molecule has 1 rings (SSSR count). The van der Waals surface area contributed by atoms with Crippen LogP contribution in [-0.2, 0) is 13.0 Å². The van der Waals surface area contributed by atoms with Gasteiger partial charge in [-0.25, -0.2) is 4.98 Å². The van der Waals surface area contributed by atoms with Gasteiger partial charge in [-0.15, -0.1) is 0 Å². The van der Waals surface area contributed by atoms with E-state index >= 15 is 0 Å². The highest BCUT2D eigenvalue weighted by atomic mass is 15.1. The molecule has 0 amide bonds. The standard InChI is InChI=1S/C15H29N3/c1-5-9-16-14(8-7-13(3)4)12-15-17-10-11-18(15)6-2/h10-11,13-14,16H,5-9,12H2,1-4H3. The van der Waals surface area contributed by atoms with Crippen molar-refractivity contribution in [1.29, 1.82) is 0 Å². The monoisotopic (exact) mass is 251 g/mol. The molecule has 0 saturated heterocycles. The maximum absolute atomic E-state index is 4.48. The second-order valence-electron chi connectivity index (χ2n) is 5.46. The third-order valence-electron chi connectivity index (χ3n) is 3.35. The Labute approximate surface area is 112 Å². The Morgan fingerprint density at radius 2 is 2.06 bits per heavy atom. The number of nitrogens with one attached hydrogen (secondary N) is 1. The van der Waals surface area contributed by atoms with E-state index in [1.165, 1.54) is 25.1 Å². The molecule has 0 saturated carbocycles. The van der Waals surface area contributed by atoms with Crippen molar-refractivity contribution in [2.75, 3.05) is 6.54 Å². The average molecular weight is 251 g/mol. The molecule has 1 unspecified atom stereocenters. The zero-order valence-corrected chi connectivity index (χ0v) is 12.4. The maximum atomic E-state index is 4.48. The van der Waals surface area contributed by atoms with Gasteiger partial charge in [-0.3, -0.25) is 0 Å². The molecular weight excluding hydrogens is 222 g/mol. The summed E-state index contributed by atoms with van der Waals surface area (Å²) in [5, 5.41) is 3.66. The molecule has 3 heteroatoms. The summed E-state index contributed by atoms with van der Waals surface area (Å²) in [4.78, 5) is 4.48. The van der Waals surface area contributed by atoms with Gasteiger partial charge in [-0.2, -0.15) is 0 Å². The van der Waals surface area contributed by atoms with E-state index in [0.717, 1.165) is 25.4 Å². The molecular formula is C15H29N3. The van der Waals surface area contributed by atoms with Crippen LogP contribution in [0, 0.1) is 5.92 Å². The van der Waals surface area contributed by atoms with E-state index in [-0.39, 0.29) is 0 Å². The summed E-state index contributed by atoms with van der Waals surface area (Å²) in [6.07, 6.45) is 8.77. The minimum atomic E-state index is 0.569. The summed E-state index contributed by atoms with van der Waals surface area (Å²) in [7, 11) is 0. The minimum Gasteiger partial charge on any atom is -0.335 e. The molecule has 1 atom stereocenters. The average Bonchev–Trinajstić information content (AvgIpc) is 2.79. The highest BCUT2D eigenvalue weighted by Gasteiger charge is 2.12. The molecule has 1 aromatic heterocycles. The Morgan fingerprint density at radius 3 is 2.67 bits per heavy atom.